The minimum atomic E-state index is -3.80. The van der Waals surface area contributed by atoms with Crippen LogP contribution in [0.4, 0.5) is 0 Å². The van der Waals surface area contributed by atoms with Crippen LogP contribution in [0.5, 0.6) is 0 Å². The summed E-state index contributed by atoms with van der Waals surface area (Å²) in [6.07, 6.45) is 5.09. The van der Waals surface area contributed by atoms with Gasteiger partial charge >= 0.3 is 5.97 Å². The molecule has 0 radical (unpaired) electrons. The molecule has 1 unspecified atom stereocenters. The molecule has 2 N–H and O–H groups in total. The molecule has 0 aliphatic rings. The number of terminal acetylenes is 1. The summed E-state index contributed by atoms with van der Waals surface area (Å²) in [4.78, 5) is 10.8. The molecule has 18 heavy (non-hydrogen) atoms. The maximum atomic E-state index is 11.9. The summed E-state index contributed by atoms with van der Waals surface area (Å²) in [5, 5.41) is 8.93. The lowest BCUT2D eigenvalue weighted by atomic mass is 10.2. The fourth-order valence-corrected chi connectivity index (χ4v) is 2.93. The third-order valence-electron chi connectivity index (χ3n) is 2.06. The Bertz CT molecular complexity index is 618. The number of carboxylic acid groups (broad SMARTS) is 1. The second-order valence-electron chi connectivity index (χ2n) is 3.46. The van der Waals surface area contributed by atoms with Gasteiger partial charge in [0.15, 0.2) is 0 Å². The number of aromatic carboxylic acids is 1. The zero-order chi connectivity index (χ0) is 13.9. The number of rotatable bonds is 4. The number of nitrogens with one attached hydrogen (secondary N) is 1. The number of hydrogen-bond acceptors (Lipinski definition) is 3. The minimum absolute atomic E-state index is 0.0631. The molecular formula is C11H10INO4S. The summed E-state index contributed by atoms with van der Waals surface area (Å²) in [5.41, 5.74) is -0.0631. The SMILES string of the molecule is C#CC(C)NS(=O)(=O)c1ccc(I)c(C(=O)O)c1. The van der Waals surface area contributed by atoms with E-state index in [1.807, 2.05) is 22.6 Å². The molecule has 0 aliphatic heterocycles. The van der Waals surface area contributed by atoms with Crippen molar-refractivity contribution in [2.45, 2.75) is 17.9 Å². The van der Waals surface area contributed by atoms with E-state index >= 15 is 0 Å². The summed E-state index contributed by atoms with van der Waals surface area (Å²) in [5.74, 6) is 1.05. The van der Waals surface area contributed by atoms with Crippen molar-refractivity contribution in [3.63, 3.8) is 0 Å². The van der Waals surface area contributed by atoms with Crippen molar-refractivity contribution in [2.75, 3.05) is 0 Å². The lowest BCUT2D eigenvalue weighted by Gasteiger charge is -2.10. The van der Waals surface area contributed by atoms with Crippen LogP contribution in [0.15, 0.2) is 23.1 Å². The summed E-state index contributed by atoms with van der Waals surface area (Å²) in [6, 6.07) is 3.21. The summed E-state index contributed by atoms with van der Waals surface area (Å²) in [7, 11) is -3.80. The van der Waals surface area contributed by atoms with Gasteiger partial charge in [-0.2, -0.15) is 4.72 Å². The minimum Gasteiger partial charge on any atom is -0.478 e. The Morgan fingerprint density at radius 2 is 2.17 bits per heavy atom. The van der Waals surface area contributed by atoms with E-state index in [2.05, 4.69) is 10.6 Å². The first-order valence-corrected chi connectivity index (χ1v) is 7.35. The molecule has 0 fully saturated rings. The van der Waals surface area contributed by atoms with E-state index in [1.165, 1.54) is 19.1 Å². The van der Waals surface area contributed by atoms with Crippen molar-refractivity contribution < 1.29 is 18.3 Å². The molecule has 1 atom stereocenters. The van der Waals surface area contributed by atoms with E-state index in [0.717, 1.165) is 6.07 Å². The first-order valence-electron chi connectivity index (χ1n) is 4.79. The number of carbonyl (C=O) groups is 1. The van der Waals surface area contributed by atoms with Gasteiger partial charge in [-0.15, -0.1) is 6.42 Å². The number of sulfonamides is 1. The number of hydrogen-bond donors (Lipinski definition) is 2. The smallest absolute Gasteiger partial charge is 0.336 e. The van der Waals surface area contributed by atoms with Crippen LogP contribution in [0.2, 0.25) is 0 Å². The Morgan fingerprint density at radius 1 is 1.56 bits per heavy atom. The second kappa shape index (κ2) is 5.69. The monoisotopic (exact) mass is 379 g/mol. The Hall–Kier alpha value is -1.11. The highest BCUT2D eigenvalue weighted by Gasteiger charge is 2.19. The number of carboxylic acids is 1. The maximum Gasteiger partial charge on any atom is 0.336 e. The fourth-order valence-electron chi connectivity index (χ4n) is 1.17. The predicted molar refractivity (Wildman–Crippen MR) is 74.7 cm³/mol. The van der Waals surface area contributed by atoms with E-state index in [-0.39, 0.29) is 10.5 Å². The highest BCUT2D eigenvalue weighted by molar-refractivity contribution is 14.1. The van der Waals surface area contributed by atoms with Crippen LogP contribution in [-0.2, 0) is 10.0 Å². The third kappa shape index (κ3) is 3.44. The molecule has 0 heterocycles. The largest absolute Gasteiger partial charge is 0.478 e. The molecule has 0 saturated carbocycles. The van der Waals surface area contributed by atoms with Gasteiger partial charge in [0.2, 0.25) is 10.0 Å². The topological polar surface area (TPSA) is 83.5 Å². The van der Waals surface area contributed by atoms with E-state index in [1.54, 1.807) is 0 Å². The van der Waals surface area contributed by atoms with Gasteiger partial charge in [-0.25, -0.2) is 13.2 Å². The van der Waals surface area contributed by atoms with Crippen LogP contribution in [-0.4, -0.2) is 25.5 Å². The maximum absolute atomic E-state index is 11.9. The molecule has 0 spiro atoms. The highest BCUT2D eigenvalue weighted by Crippen LogP contribution is 2.18. The summed E-state index contributed by atoms with van der Waals surface area (Å²) >= 11 is 1.82. The van der Waals surface area contributed by atoms with Gasteiger partial charge in [0.05, 0.1) is 16.5 Å². The standard InChI is InChI=1S/C11H10INO4S/c1-3-7(2)13-18(16,17)8-4-5-10(12)9(6-8)11(14)15/h1,4-7,13H,2H3,(H,14,15). The molecular weight excluding hydrogens is 369 g/mol. The van der Waals surface area contributed by atoms with Gasteiger partial charge in [0, 0.05) is 3.57 Å². The molecule has 96 valence electrons. The molecule has 5 nitrogen and oxygen atoms in total. The molecule has 0 saturated heterocycles. The molecule has 1 aromatic carbocycles. The fraction of sp³-hybridized carbons (Fsp3) is 0.182. The summed E-state index contributed by atoms with van der Waals surface area (Å²) in [6.45, 7) is 1.52. The van der Waals surface area contributed by atoms with Crippen LogP contribution in [0.3, 0.4) is 0 Å². The quantitative estimate of drug-likeness (QED) is 0.610. The van der Waals surface area contributed by atoms with E-state index in [4.69, 9.17) is 11.5 Å². The van der Waals surface area contributed by atoms with Gasteiger partial charge in [0.25, 0.3) is 0 Å². The van der Waals surface area contributed by atoms with Gasteiger partial charge in [0.1, 0.15) is 0 Å². The third-order valence-corrected chi connectivity index (χ3v) is 4.54. The van der Waals surface area contributed by atoms with Gasteiger partial charge < -0.3 is 5.11 Å². The molecule has 1 rings (SSSR count). The summed E-state index contributed by atoms with van der Waals surface area (Å²) < 4.78 is 26.5. The van der Waals surface area contributed by atoms with Crippen LogP contribution in [0.1, 0.15) is 17.3 Å². The first-order chi connectivity index (χ1) is 8.27. The lowest BCUT2D eigenvalue weighted by molar-refractivity contribution is 0.0695. The van der Waals surface area contributed by atoms with Crippen molar-refractivity contribution in [3.8, 4) is 12.3 Å². The Kier molecular flexibility index (Phi) is 4.72. The van der Waals surface area contributed by atoms with Crippen molar-refractivity contribution in [1.29, 1.82) is 0 Å². The van der Waals surface area contributed by atoms with Crippen LogP contribution >= 0.6 is 22.6 Å². The zero-order valence-electron chi connectivity index (χ0n) is 9.34. The van der Waals surface area contributed by atoms with Gasteiger partial charge in [-0.05, 0) is 47.7 Å². The molecule has 0 aromatic heterocycles. The Balaban J connectivity index is 3.23. The average Bonchev–Trinajstić information content (AvgIpc) is 2.28. The van der Waals surface area contributed by atoms with Crippen LogP contribution in [0.25, 0.3) is 0 Å². The number of benzene rings is 1. The Labute approximate surface area is 119 Å². The van der Waals surface area contributed by atoms with Crippen molar-refractivity contribution >= 4 is 38.6 Å². The van der Waals surface area contributed by atoms with Gasteiger partial charge in [-0.1, -0.05) is 5.92 Å². The Morgan fingerprint density at radius 3 is 2.67 bits per heavy atom. The van der Waals surface area contributed by atoms with Crippen molar-refractivity contribution in [3.05, 3.63) is 27.3 Å². The lowest BCUT2D eigenvalue weighted by Crippen LogP contribution is -2.31. The van der Waals surface area contributed by atoms with Gasteiger partial charge in [-0.3, -0.25) is 0 Å². The predicted octanol–water partition coefficient (Wildman–Crippen LogP) is 1.29. The molecule has 1 aromatic rings. The van der Waals surface area contributed by atoms with Crippen molar-refractivity contribution in [2.24, 2.45) is 0 Å². The van der Waals surface area contributed by atoms with Crippen LogP contribution < -0.4 is 4.72 Å². The highest BCUT2D eigenvalue weighted by atomic mass is 127. The first kappa shape index (κ1) is 14.9. The molecule has 0 bridgehead atoms. The second-order valence-corrected chi connectivity index (χ2v) is 6.33. The van der Waals surface area contributed by atoms with Crippen molar-refractivity contribution in [1.82, 2.24) is 4.72 Å². The zero-order valence-corrected chi connectivity index (χ0v) is 12.3. The van der Waals surface area contributed by atoms with E-state index < -0.39 is 22.0 Å². The van der Waals surface area contributed by atoms with Crippen LogP contribution in [0, 0.1) is 15.9 Å². The molecule has 0 aliphatic carbocycles. The molecule has 7 heteroatoms. The van der Waals surface area contributed by atoms with E-state index in [0.29, 0.717) is 3.57 Å². The number of halogens is 1. The average molecular weight is 379 g/mol. The molecule has 0 amide bonds. The van der Waals surface area contributed by atoms with E-state index in [9.17, 15) is 13.2 Å². The normalized spacial score (nSPS) is 12.7.